The third-order valence-electron chi connectivity index (χ3n) is 2.93. The Morgan fingerprint density at radius 3 is 1.05 bits per heavy atom. The summed E-state index contributed by atoms with van der Waals surface area (Å²) in [5.41, 5.74) is 1.58. The first-order valence-corrected chi connectivity index (χ1v) is 7.84. The molecule has 0 aromatic carbocycles. The summed E-state index contributed by atoms with van der Waals surface area (Å²) in [4.78, 5) is 10.5. The van der Waals surface area contributed by atoms with Crippen LogP contribution in [-0.2, 0) is 4.79 Å². The molecule has 0 aliphatic heterocycles. The molecule has 22 heavy (non-hydrogen) atoms. The molecule has 0 aromatic heterocycles. The zero-order valence-electron chi connectivity index (χ0n) is 17.0. The van der Waals surface area contributed by atoms with Gasteiger partial charge in [0.25, 0.3) is 0 Å². The van der Waals surface area contributed by atoms with Crippen LogP contribution in [0.4, 0.5) is 0 Å². The van der Waals surface area contributed by atoms with Gasteiger partial charge in [0, 0.05) is 11.8 Å². The van der Waals surface area contributed by atoms with Crippen LogP contribution in [0.2, 0.25) is 0 Å². The molecule has 132 valence electrons. The summed E-state index contributed by atoms with van der Waals surface area (Å²) in [7, 11) is 0. The van der Waals surface area contributed by atoms with Gasteiger partial charge in [0.15, 0.2) is 0 Å². The average Bonchev–Trinajstić information content (AvgIpc) is 2.11. The number of hydrogen-bond acceptors (Lipinski definition) is 2. The van der Waals surface area contributed by atoms with E-state index in [1.54, 1.807) is 6.92 Å². The van der Waals surface area contributed by atoms with Crippen LogP contribution < -0.4 is 0 Å². The molecule has 2 heteroatoms. The van der Waals surface area contributed by atoms with Crippen molar-refractivity contribution in [1.29, 1.82) is 0 Å². The number of allylic oxidation sites excluding steroid dienone is 2. The number of rotatable bonds is 1. The second kappa shape index (κ2) is 9.86. The Morgan fingerprint density at radius 1 is 0.818 bits per heavy atom. The van der Waals surface area contributed by atoms with Gasteiger partial charge < -0.3 is 9.90 Å². The fraction of sp³-hybridized carbons (Fsp3) is 0.750. The number of ketones is 1. The van der Waals surface area contributed by atoms with Crippen molar-refractivity contribution in [3.63, 3.8) is 0 Å². The third kappa shape index (κ3) is 24.0. The summed E-state index contributed by atoms with van der Waals surface area (Å²) < 4.78 is 0. The quantitative estimate of drug-likeness (QED) is 0.431. The molecule has 0 atom stereocenters. The fourth-order valence-corrected chi connectivity index (χ4v) is 0.747. The third-order valence-corrected chi connectivity index (χ3v) is 2.93. The van der Waals surface area contributed by atoms with Crippen LogP contribution in [0.1, 0.15) is 82.6 Å². The Labute approximate surface area is 139 Å². The highest BCUT2D eigenvalue weighted by Gasteiger charge is 2.12. The largest absolute Gasteiger partial charge is 0.512 e. The van der Waals surface area contributed by atoms with E-state index < -0.39 is 0 Å². The summed E-state index contributed by atoms with van der Waals surface area (Å²) >= 11 is 0. The number of carbonyl (C=O) groups is 1. The summed E-state index contributed by atoms with van der Waals surface area (Å²) in [6.45, 7) is 29.3. The Balaban J connectivity index is -0.000000247. The van der Waals surface area contributed by atoms with E-state index in [1.807, 2.05) is 20.8 Å². The van der Waals surface area contributed by atoms with Gasteiger partial charge in [-0.25, -0.2) is 0 Å². The lowest BCUT2D eigenvalue weighted by Crippen LogP contribution is -2.09. The summed E-state index contributed by atoms with van der Waals surface area (Å²) in [6, 6.07) is 0. The van der Waals surface area contributed by atoms with E-state index in [1.165, 1.54) is 5.57 Å². The van der Waals surface area contributed by atoms with Crippen molar-refractivity contribution >= 4 is 5.78 Å². The van der Waals surface area contributed by atoms with Crippen molar-refractivity contribution in [3.05, 3.63) is 24.5 Å². The predicted octanol–water partition coefficient (Wildman–Crippen LogP) is 6.72. The van der Waals surface area contributed by atoms with Gasteiger partial charge in [-0.05, 0) is 24.7 Å². The number of carbonyl (C=O) groups excluding carboxylic acids is 1. The molecule has 0 bridgehead atoms. The molecule has 0 radical (unpaired) electrons. The molecule has 0 rings (SSSR count). The van der Waals surface area contributed by atoms with Crippen LogP contribution in [0.25, 0.3) is 0 Å². The smallest absolute Gasteiger partial charge is 0.130 e. The highest BCUT2D eigenvalue weighted by molar-refractivity contribution is 5.76. The normalized spacial score (nSPS) is 11.4. The highest BCUT2D eigenvalue weighted by Crippen LogP contribution is 2.21. The van der Waals surface area contributed by atoms with E-state index in [0.717, 1.165) is 0 Å². The first-order chi connectivity index (χ1) is 9.30. The Kier molecular flexibility index (Phi) is 11.6. The number of aliphatic hydroxyl groups excluding tert-OH is 1. The predicted molar refractivity (Wildman–Crippen MR) is 100 cm³/mol. The minimum absolute atomic E-state index is 0.139. The van der Waals surface area contributed by atoms with Crippen LogP contribution in [0, 0.1) is 16.2 Å². The van der Waals surface area contributed by atoms with Gasteiger partial charge >= 0.3 is 0 Å². The van der Waals surface area contributed by atoms with E-state index in [-0.39, 0.29) is 22.4 Å². The maximum absolute atomic E-state index is 10.5. The summed E-state index contributed by atoms with van der Waals surface area (Å²) in [6.07, 6.45) is 0.687. The molecule has 0 aliphatic rings. The molecule has 0 aromatic rings. The van der Waals surface area contributed by atoms with E-state index in [2.05, 4.69) is 61.6 Å². The van der Waals surface area contributed by atoms with E-state index in [9.17, 15) is 4.79 Å². The van der Waals surface area contributed by atoms with E-state index in [4.69, 9.17) is 5.11 Å². The van der Waals surface area contributed by atoms with Crippen molar-refractivity contribution < 1.29 is 9.90 Å². The summed E-state index contributed by atoms with van der Waals surface area (Å²) in [5.74, 6) is 0.519. The van der Waals surface area contributed by atoms with Crippen LogP contribution >= 0.6 is 0 Å². The van der Waals surface area contributed by atoms with Crippen LogP contribution in [0.5, 0.6) is 0 Å². The molecule has 1 N–H and O–H groups in total. The standard InChI is InChI=1S/C7H14O.C7H14.C6H12O/c1-6(8)5-7(2,3)4;1-6(2)7(3,4)5;1-5(7)6(2,3)4/h5H2,1-4H3;1H2,2-5H3;7H,1H2,2-4H3. The van der Waals surface area contributed by atoms with Gasteiger partial charge in [0.1, 0.15) is 5.78 Å². The van der Waals surface area contributed by atoms with E-state index >= 15 is 0 Å². The number of aliphatic hydroxyl groups is 1. The maximum Gasteiger partial charge on any atom is 0.130 e. The lowest BCUT2D eigenvalue weighted by Gasteiger charge is -2.16. The number of hydrogen-bond donors (Lipinski definition) is 1. The van der Waals surface area contributed by atoms with Gasteiger partial charge in [0.2, 0.25) is 0 Å². The van der Waals surface area contributed by atoms with Crippen LogP contribution in [0.3, 0.4) is 0 Å². The van der Waals surface area contributed by atoms with Crippen LogP contribution in [0.15, 0.2) is 24.5 Å². The zero-order chi connectivity index (χ0) is 18.9. The molecule has 2 nitrogen and oxygen atoms in total. The first kappa shape index (κ1) is 25.9. The maximum atomic E-state index is 10.5. The Morgan fingerprint density at radius 2 is 1.05 bits per heavy atom. The van der Waals surface area contributed by atoms with Crippen molar-refractivity contribution in [2.45, 2.75) is 82.6 Å². The lowest BCUT2D eigenvalue weighted by atomic mass is 9.89. The van der Waals surface area contributed by atoms with E-state index in [0.29, 0.717) is 11.8 Å². The topological polar surface area (TPSA) is 37.3 Å². The second-order valence-corrected chi connectivity index (χ2v) is 9.17. The van der Waals surface area contributed by atoms with Gasteiger partial charge in [-0.2, -0.15) is 0 Å². The monoisotopic (exact) mass is 312 g/mol. The summed E-state index contributed by atoms with van der Waals surface area (Å²) in [5, 5.41) is 8.69. The zero-order valence-corrected chi connectivity index (χ0v) is 17.0. The van der Waals surface area contributed by atoms with Crippen molar-refractivity contribution in [2.75, 3.05) is 0 Å². The average molecular weight is 313 g/mol. The molecule has 0 saturated heterocycles. The molecule has 0 amide bonds. The fourth-order valence-electron chi connectivity index (χ4n) is 0.747. The van der Waals surface area contributed by atoms with Crippen molar-refractivity contribution in [1.82, 2.24) is 0 Å². The molecule has 0 unspecified atom stereocenters. The SMILES string of the molecule is C=C(C)C(C)(C)C.C=C(O)C(C)(C)C.CC(=O)CC(C)(C)C. The molecule has 0 aliphatic carbocycles. The van der Waals surface area contributed by atoms with Gasteiger partial charge in [0.05, 0.1) is 5.76 Å². The molecule has 0 spiro atoms. The molecular weight excluding hydrogens is 272 g/mol. The molecule has 0 fully saturated rings. The van der Waals surface area contributed by atoms with Gasteiger partial charge in [-0.15, -0.1) is 0 Å². The first-order valence-electron chi connectivity index (χ1n) is 7.84. The number of Topliss-reactive ketones (excluding diaryl/α,β-unsaturated/α-hetero) is 1. The molecule has 0 heterocycles. The lowest BCUT2D eigenvalue weighted by molar-refractivity contribution is -0.118. The minimum Gasteiger partial charge on any atom is -0.512 e. The molecule has 0 saturated carbocycles. The Hall–Kier alpha value is -1.05. The minimum atomic E-state index is -0.139. The molecular formula is C20H40O2. The van der Waals surface area contributed by atoms with Crippen molar-refractivity contribution in [3.8, 4) is 0 Å². The van der Waals surface area contributed by atoms with Crippen LogP contribution in [-0.4, -0.2) is 10.9 Å². The van der Waals surface area contributed by atoms with Gasteiger partial charge in [-0.1, -0.05) is 81.0 Å². The Bertz CT molecular complexity index is 331. The van der Waals surface area contributed by atoms with Crippen molar-refractivity contribution in [2.24, 2.45) is 16.2 Å². The highest BCUT2D eigenvalue weighted by atomic mass is 16.3. The van der Waals surface area contributed by atoms with Gasteiger partial charge in [-0.3, -0.25) is 0 Å². The second-order valence-electron chi connectivity index (χ2n) is 9.17.